The molecule has 92 valence electrons. The summed E-state index contributed by atoms with van der Waals surface area (Å²) in [6.07, 6.45) is 7.79. The minimum atomic E-state index is 0.257. The molecule has 16 heavy (non-hydrogen) atoms. The van der Waals surface area contributed by atoms with Gasteiger partial charge in [0.25, 0.3) is 0 Å². The summed E-state index contributed by atoms with van der Waals surface area (Å²) in [7, 11) is 1.93. The summed E-state index contributed by atoms with van der Waals surface area (Å²) in [4.78, 5) is 13.7. The van der Waals surface area contributed by atoms with E-state index in [0.717, 1.165) is 5.92 Å². The van der Waals surface area contributed by atoms with Gasteiger partial charge < -0.3 is 10.2 Å². The van der Waals surface area contributed by atoms with Crippen molar-refractivity contribution in [2.45, 2.75) is 57.5 Å². The van der Waals surface area contributed by atoms with Crippen LogP contribution in [0.15, 0.2) is 0 Å². The summed E-state index contributed by atoms with van der Waals surface area (Å²) >= 11 is 0. The van der Waals surface area contributed by atoms with Crippen molar-refractivity contribution in [1.82, 2.24) is 10.2 Å². The van der Waals surface area contributed by atoms with Gasteiger partial charge in [0.2, 0.25) is 5.91 Å². The topological polar surface area (TPSA) is 32.3 Å². The molecular formula is C13H24N2O. The minimum Gasteiger partial charge on any atom is -0.342 e. The minimum absolute atomic E-state index is 0.257. The first-order valence-corrected chi connectivity index (χ1v) is 6.67. The molecule has 2 aliphatic carbocycles. The third-order valence-corrected chi connectivity index (χ3v) is 4.17. The zero-order chi connectivity index (χ0) is 11.5. The molecule has 0 saturated heterocycles. The van der Waals surface area contributed by atoms with Crippen molar-refractivity contribution in [2.24, 2.45) is 5.92 Å². The highest BCUT2D eigenvalue weighted by Gasteiger charge is 2.29. The highest BCUT2D eigenvalue weighted by atomic mass is 16.2. The fraction of sp³-hybridized carbons (Fsp3) is 0.923. The molecule has 1 unspecified atom stereocenters. The van der Waals surface area contributed by atoms with E-state index in [-0.39, 0.29) is 5.91 Å². The second-order valence-corrected chi connectivity index (χ2v) is 5.45. The lowest BCUT2D eigenvalue weighted by molar-refractivity contribution is -0.129. The number of nitrogens with one attached hydrogen (secondary N) is 1. The second kappa shape index (κ2) is 5.17. The summed E-state index contributed by atoms with van der Waals surface area (Å²) in [6.45, 7) is 2.74. The lowest BCUT2D eigenvalue weighted by Gasteiger charge is -2.22. The van der Waals surface area contributed by atoms with Crippen LogP contribution in [-0.4, -0.2) is 36.5 Å². The highest BCUT2D eigenvalue weighted by molar-refractivity contribution is 5.78. The number of likely N-dealkylation sites (N-methyl/N-ethyl adjacent to an activating group) is 1. The Balaban J connectivity index is 1.67. The van der Waals surface area contributed by atoms with Gasteiger partial charge in [0, 0.05) is 19.1 Å². The lowest BCUT2D eigenvalue weighted by Crippen LogP contribution is -2.42. The van der Waals surface area contributed by atoms with E-state index in [1.54, 1.807) is 0 Å². The molecule has 3 nitrogen and oxygen atoms in total. The Hall–Kier alpha value is -0.570. The number of rotatable bonds is 5. The van der Waals surface area contributed by atoms with Crippen LogP contribution >= 0.6 is 0 Å². The number of hydrogen-bond donors (Lipinski definition) is 1. The van der Waals surface area contributed by atoms with Crippen LogP contribution in [0.5, 0.6) is 0 Å². The first-order valence-electron chi connectivity index (χ1n) is 6.67. The number of nitrogens with zero attached hydrogens (tertiary/aromatic N) is 1. The van der Waals surface area contributed by atoms with E-state index in [1.165, 1.54) is 38.5 Å². The molecule has 3 heteroatoms. The summed E-state index contributed by atoms with van der Waals surface area (Å²) in [5, 5.41) is 3.40. The lowest BCUT2D eigenvalue weighted by atomic mass is 10.00. The van der Waals surface area contributed by atoms with Crippen molar-refractivity contribution in [3.8, 4) is 0 Å². The second-order valence-electron chi connectivity index (χ2n) is 5.45. The van der Waals surface area contributed by atoms with E-state index in [9.17, 15) is 4.79 Å². The molecule has 1 N–H and O–H groups in total. The molecule has 0 aromatic rings. The average Bonchev–Trinajstić information content (AvgIpc) is 2.99. The van der Waals surface area contributed by atoms with Crippen LogP contribution in [0, 0.1) is 5.92 Å². The zero-order valence-electron chi connectivity index (χ0n) is 10.5. The van der Waals surface area contributed by atoms with Crippen LogP contribution in [0.1, 0.15) is 45.4 Å². The van der Waals surface area contributed by atoms with Gasteiger partial charge in [-0.2, -0.15) is 0 Å². The average molecular weight is 224 g/mol. The summed E-state index contributed by atoms with van der Waals surface area (Å²) in [6, 6.07) is 1.04. The molecule has 0 aromatic carbocycles. The van der Waals surface area contributed by atoms with E-state index in [0.29, 0.717) is 18.6 Å². The SMILES string of the molecule is CC(NCC(=O)N(C)C1CC1)C1CCCC1. The highest BCUT2D eigenvalue weighted by Crippen LogP contribution is 2.27. The van der Waals surface area contributed by atoms with Crippen molar-refractivity contribution < 1.29 is 4.79 Å². The summed E-state index contributed by atoms with van der Waals surface area (Å²) in [5.41, 5.74) is 0. The molecular weight excluding hydrogens is 200 g/mol. The Morgan fingerprint density at radius 3 is 2.50 bits per heavy atom. The number of carbonyl (C=O) groups excluding carboxylic acids is 1. The third kappa shape index (κ3) is 2.97. The Morgan fingerprint density at radius 1 is 1.31 bits per heavy atom. The van der Waals surface area contributed by atoms with Gasteiger partial charge in [-0.3, -0.25) is 4.79 Å². The monoisotopic (exact) mass is 224 g/mol. The molecule has 1 amide bonds. The zero-order valence-corrected chi connectivity index (χ0v) is 10.5. The van der Waals surface area contributed by atoms with E-state index in [4.69, 9.17) is 0 Å². The summed E-state index contributed by atoms with van der Waals surface area (Å²) in [5.74, 6) is 1.05. The quantitative estimate of drug-likeness (QED) is 0.772. The first kappa shape index (κ1) is 11.9. The normalized spacial score (nSPS) is 23.4. The number of hydrogen-bond acceptors (Lipinski definition) is 2. The van der Waals surface area contributed by atoms with E-state index >= 15 is 0 Å². The maximum absolute atomic E-state index is 11.8. The van der Waals surface area contributed by atoms with Crippen LogP contribution < -0.4 is 5.32 Å². The smallest absolute Gasteiger partial charge is 0.236 e. The Labute approximate surface area is 98.6 Å². The van der Waals surface area contributed by atoms with Crippen molar-refractivity contribution in [3.63, 3.8) is 0 Å². The fourth-order valence-electron chi connectivity index (χ4n) is 2.66. The van der Waals surface area contributed by atoms with Crippen LogP contribution in [0.2, 0.25) is 0 Å². The molecule has 2 saturated carbocycles. The van der Waals surface area contributed by atoms with Crippen molar-refractivity contribution in [1.29, 1.82) is 0 Å². The molecule has 0 spiro atoms. The van der Waals surface area contributed by atoms with Gasteiger partial charge >= 0.3 is 0 Å². The molecule has 0 aromatic heterocycles. The van der Waals surface area contributed by atoms with Gasteiger partial charge in [-0.15, -0.1) is 0 Å². The van der Waals surface area contributed by atoms with E-state index in [1.807, 2.05) is 11.9 Å². The maximum atomic E-state index is 11.8. The van der Waals surface area contributed by atoms with Gasteiger partial charge in [0.05, 0.1) is 6.54 Å². The molecule has 0 heterocycles. The fourth-order valence-corrected chi connectivity index (χ4v) is 2.66. The van der Waals surface area contributed by atoms with E-state index < -0.39 is 0 Å². The Kier molecular flexibility index (Phi) is 3.85. The van der Waals surface area contributed by atoms with Gasteiger partial charge in [-0.25, -0.2) is 0 Å². The van der Waals surface area contributed by atoms with Crippen molar-refractivity contribution in [2.75, 3.05) is 13.6 Å². The van der Waals surface area contributed by atoms with Crippen LogP contribution in [0.3, 0.4) is 0 Å². The molecule has 1 atom stereocenters. The largest absolute Gasteiger partial charge is 0.342 e. The van der Waals surface area contributed by atoms with Crippen molar-refractivity contribution in [3.05, 3.63) is 0 Å². The van der Waals surface area contributed by atoms with Crippen LogP contribution in [0.4, 0.5) is 0 Å². The molecule has 2 aliphatic rings. The third-order valence-electron chi connectivity index (χ3n) is 4.17. The summed E-state index contributed by atoms with van der Waals surface area (Å²) < 4.78 is 0. The number of amides is 1. The standard InChI is InChI=1S/C13H24N2O/c1-10(11-5-3-4-6-11)14-9-13(16)15(2)12-7-8-12/h10-12,14H,3-9H2,1-2H3. The number of carbonyl (C=O) groups is 1. The maximum Gasteiger partial charge on any atom is 0.236 e. The molecule has 0 radical (unpaired) electrons. The molecule has 0 aliphatic heterocycles. The van der Waals surface area contributed by atoms with Gasteiger partial charge in [0.1, 0.15) is 0 Å². The predicted molar refractivity (Wildman–Crippen MR) is 65.2 cm³/mol. The van der Waals surface area contributed by atoms with Crippen LogP contribution in [0.25, 0.3) is 0 Å². The Bertz CT molecular complexity index is 244. The van der Waals surface area contributed by atoms with Crippen molar-refractivity contribution >= 4 is 5.91 Å². The predicted octanol–water partition coefficient (Wildman–Crippen LogP) is 1.78. The molecule has 2 rings (SSSR count). The van der Waals surface area contributed by atoms with Gasteiger partial charge in [-0.05, 0) is 38.5 Å². The van der Waals surface area contributed by atoms with Gasteiger partial charge in [0.15, 0.2) is 0 Å². The molecule has 2 fully saturated rings. The Morgan fingerprint density at radius 2 is 1.94 bits per heavy atom. The molecule has 0 bridgehead atoms. The van der Waals surface area contributed by atoms with Crippen LogP contribution in [-0.2, 0) is 4.79 Å². The van der Waals surface area contributed by atoms with E-state index in [2.05, 4.69) is 12.2 Å². The first-order chi connectivity index (χ1) is 7.68. The van der Waals surface area contributed by atoms with Gasteiger partial charge in [-0.1, -0.05) is 12.8 Å².